The van der Waals surface area contributed by atoms with E-state index in [1.807, 2.05) is 13.8 Å². The lowest BCUT2D eigenvalue weighted by molar-refractivity contribution is -0.121. The number of carbonyl (C=O) groups excluding carboxylic acids is 1. The highest BCUT2D eigenvalue weighted by Crippen LogP contribution is 2.23. The second kappa shape index (κ2) is 8.73. The Balaban J connectivity index is 1.72. The van der Waals surface area contributed by atoms with Crippen molar-refractivity contribution in [1.29, 1.82) is 0 Å². The van der Waals surface area contributed by atoms with Gasteiger partial charge in [-0.1, -0.05) is 0 Å². The largest absolute Gasteiger partial charge is 0.376 e. The fourth-order valence-electron chi connectivity index (χ4n) is 3.05. The Morgan fingerprint density at radius 2 is 1.80 bits per heavy atom. The van der Waals surface area contributed by atoms with Crippen molar-refractivity contribution < 1.29 is 22.3 Å². The van der Waals surface area contributed by atoms with Gasteiger partial charge in [-0.25, -0.2) is 17.5 Å². The number of sulfonamides is 1. The molecule has 0 aliphatic carbocycles. The second-order valence-electron chi connectivity index (χ2n) is 6.50. The van der Waals surface area contributed by atoms with Crippen molar-refractivity contribution in [2.24, 2.45) is 5.92 Å². The lowest BCUT2D eigenvalue weighted by atomic mass is 9.92. The van der Waals surface area contributed by atoms with Crippen LogP contribution in [-0.2, 0) is 19.6 Å². The van der Waals surface area contributed by atoms with Crippen molar-refractivity contribution in [2.45, 2.75) is 50.2 Å². The lowest BCUT2D eigenvalue weighted by Crippen LogP contribution is -2.38. The quantitative estimate of drug-likeness (QED) is 0.765. The van der Waals surface area contributed by atoms with Gasteiger partial charge in [-0.2, -0.15) is 0 Å². The Morgan fingerprint density at radius 3 is 2.40 bits per heavy atom. The molecule has 0 unspecified atom stereocenters. The summed E-state index contributed by atoms with van der Waals surface area (Å²) in [5.74, 6) is -0.331. The summed E-state index contributed by atoms with van der Waals surface area (Å²) in [4.78, 5) is 11.9. The number of ether oxygens (including phenoxy) is 1. The molecule has 25 heavy (non-hydrogen) atoms. The Bertz CT molecular complexity index is 668. The Kier molecular flexibility index (Phi) is 6.92. The van der Waals surface area contributed by atoms with E-state index >= 15 is 0 Å². The minimum absolute atomic E-state index is 0.00781. The van der Waals surface area contributed by atoms with E-state index < -0.39 is 15.8 Å². The molecule has 1 amide bonds. The number of amides is 1. The number of benzene rings is 1. The third-order valence-corrected chi connectivity index (χ3v) is 5.63. The van der Waals surface area contributed by atoms with Gasteiger partial charge in [0.15, 0.2) is 0 Å². The predicted molar refractivity (Wildman–Crippen MR) is 91.9 cm³/mol. The summed E-state index contributed by atoms with van der Waals surface area (Å²) in [6, 6.07) is 4.53. The molecular formula is C17H25FN2O4S. The van der Waals surface area contributed by atoms with Gasteiger partial charge in [0, 0.05) is 19.5 Å². The van der Waals surface area contributed by atoms with Crippen molar-refractivity contribution in [1.82, 2.24) is 10.0 Å². The van der Waals surface area contributed by atoms with Crippen LogP contribution in [0.3, 0.4) is 0 Å². The molecule has 0 spiro atoms. The van der Waals surface area contributed by atoms with Crippen molar-refractivity contribution in [2.75, 3.05) is 13.1 Å². The zero-order valence-electron chi connectivity index (χ0n) is 14.5. The van der Waals surface area contributed by atoms with Gasteiger partial charge >= 0.3 is 0 Å². The zero-order chi connectivity index (χ0) is 18.4. The van der Waals surface area contributed by atoms with Gasteiger partial charge < -0.3 is 10.1 Å². The van der Waals surface area contributed by atoms with Crippen LogP contribution in [0.2, 0.25) is 0 Å². The summed E-state index contributed by atoms with van der Waals surface area (Å²) in [7, 11) is -3.74. The Morgan fingerprint density at radius 1 is 1.20 bits per heavy atom. The minimum Gasteiger partial charge on any atom is -0.376 e. The molecule has 1 heterocycles. The molecule has 2 N–H and O–H groups in total. The van der Waals surface area contributed by atoms with Crippen molar-refractivity contribution >= 4 is 15.9 Å². The molecule has 0 radical (unpaired) electrons. The molecule has 1 fully saturated rings. The highest BCUT2D eigenvalue weighted by Gasteiger charge is 2.24. The molecule has 6 nitrogen and oxygen atoms in total. The first-order valence-electron chi connectivity index (χ1n) is 8.43. The molecule has 140 valence electrons. The molecule has 2 rings (SSSR count). The van der Waals surface area contributed by atoms with Crippen LogP contribution in [0, 0.1) is 11.7 Å². The van der Waals surface area contributed by atoms with Crippen LogP contribution >= 0.6 is 0 Å². The maximum atomic E-state index is 12.8. The van der Waals surface area contributed by atoms with Crippen LogP contribution in [0.1, 0.15) is 33.1 Å². The van der Waals surface area contributed by atoms with Crippen molar-refractivity contribution in [3.63, 3.8) is 0 Å². The van der Waals surface area contributed by atoms with E-state index in [1.54, 1.807) is 0 Å². The van der Waals surface area contributed by atoms with Gasteiger partial charge in [0.25, 0.3) is 0 Å². The van der Waals surface area contributed by atoms with E-state index in [0.717, 1.165) is 25.0 Å². The number of carbonyl (C=O) groups is 1. The first-order chi connectivity index (χ1) is 11.8. The molecular weight excluding hydrogens is 347 g/mol. The maximum Gasteiger partial charge on any atom is 0.240 e. The molecule has 1 aromatic carbocycles. The summed E-state index contributed by atoms with van der Waals surface area (Å²) >= 11 is 0. The standard InChI is InChI=1S/C17H25FN2O4S/c1-12-9-14(10-13(2)24-12)11-19-17(21)7-8-20-25(22,23)16-5-3-15(18)4-6-16/h3-6,12-14,20H,7-11H2,1-2H3,(H,19,21)/t12-,13-/m0/s1. The smallest absolute Gasteiger partial charge is 0.240 e. The van der Waals surface area contributed by atoms with E-state index in [4.69, 9.17) is 4.74 Å². The van der Waals surface area contributed by atoms with Crippen LogP contribution in [-0.4, -0.2) is 39.6 Å². The van der Waals surface area contributed by atoms with E-state index in [1.165, 1.54) is 12.1 Å². The van der Waals surface area contributed by atoms with E-state index in [9.17, 15) is 17.6 Å². The van der Waals surface area contributed by atoms with Crippen molar-refractivity contribution in [3.05, 3.63) is 30.1 Å². The fraction of sp³-hybridized carbons (Fsp3) is 0.588. The number of halogens is 1. The van der Waals surface area contributed by atoms with Crippen molar-refractivity contribution in [3.8, 4) is 0 Å². The third-order valence-electron chi connectivity index (χ3n) is 4.15. The highest BCUT2D eigenvalue weighted by molar-refractivity contribution is 7.89. The Labute approximate surface area is 148 Å². The number of nitrogens with one attached hydrogen (secondary N) is 2. The molecule has 0 saturated carbocycles. The molecule has 2 atom stereocenters. The molecule has 1 aliphatic rings. The van der Waals surface area contributed by atoms with Gasteiger partial charge in [-0.05, 0) is 56.9 Å². The van der Waals surface area contributed by atoms with Crippen LogP contribution < -0.4 is 10.0 Å². The molecule has 1 aliphatic heterocycles. The van der Waals surface area contributed by atoms with Crippen LogP contribution in [0.15, 0.2) is 29.2 Å². The average molecular weight is 372 g/mol. The van der Waals surface area contributed by atoms with Gasteiger partial charge in [0.05, 0.1) is 17.1 Å². The molecule has 0 bridgehead atoms. The van der Waals surface area contributed by atoms with Gasteiger partial charge in [-0.3, -0.25) is 4.79 Å². The number of hydrogen-bond donors (Lipinski definition) is 2. The summed E-state index contributed by atoms with van der Waals surface area (Å²) in [5, 5.41) is 2.85. The summed E-state index contributed by atoms with van der Waals surface area (Å²) < 4.78 is 44.9. The number of rotatable bonds is 7. The predicted octanol–water partition coefficient (Wildman–Crippen LogP) is 1.81. The Hall–Kier alpha value is -1.51. The summed E-state index contributed by atoms with van der Waals surface area (Å²) in [6.07, 6.45) is 2.24. The second-order valence-corrected chi connectivity index (χ2v) is 8.27. The average Bonchev–Trinajstić information content (AvgIpc) is 2.52. The van der Waals surface area contributed by atoms with Gasteiger partial charge in [-0.15, -0.1) is 0 Å². The third kappa shape index (κ3) is 6.37. The first kappa shape index (κ1) is 19.8. The minimum atomic E-state index is -3.74. The first-order valence-corrected chi connectivity index (χ1v) is 9.92. The SMILES string of the molecule is C[C@H]1CC(CNC(=O)CCNS(=O)(=O)c2ccc(F)cc2)C[C@H](C)O1. The van der Waals surface area contributed by atoms with Gasteiger partial charge in [0.2, 0.25) is 15.9 Å². The summed E-state index contributed by atoms with van der Waals surface area (Å²) in [6.45, 7) is 4.61. The van der Waals surface area contributed by atoms with E-state index in [0.29, 0.717) is 12.5 Å². The zero-order valence-corrected chi connectivity index (χ0v) is 15.3. The number of hydrogen-bond acceptors (Lipinski definition) is 4. The van der Waals surface area contributed by atoms with Crippen LogP contribution in [0.4, 0.5) is 4.39 Å². The highest BCUT2D eigenvalue weighted by atomic mass is 32.2. The van der Waals surface area contributed by atoms with Crippen LogP contribution in [0.5, 0.6) is 0 Å². The normalized spacial score (nSPS) is 24.0. The molecule has 8 heteroatoms. The van der Waals surface area contributed by atoms with Gasteiger partial charge in [0.1, 0.15) is 5.82 Å². The molecule has 1 aromatic rings. The monoisotopic (exact) mass is 372 g/mol. The van der Waals surface area contributed by atoms with E-state index in [-0.39, 0.29) is 36.0 Å². The maximum absolute atomic E-state index is 12.8. The molecule has 0 aromatic heterocycles. The van der Waals surface area contributed by atoms with Crippen LogP contribution in [0.25, 0.3) is 0 Å². The summed E-state index contributed by atoms with van der Waals surface area (Å²) in [5.41, 5.74) is 0. The van der Waals surface area contributed by atoms with E-state index in [2.05, 4.69) is 10.0 Å². The lowest BCUT2D eigenvalue weighted by Gasteiger charge is -2.32. The molecule has 1 saturated heterocycles. The fourth-order valence-corrected chi connectivity index (χ4v) is 4.08. The topological polar surface area (TPSA) is 84.5 Å².